The summed E-state index contributed by atoms with van der Waals surface area (Å²) in [5, 5.41) is 2.95. The van der Waals surface area contributed by atoms with Crippen LogP contribution in [0.25, 0.3) is 22.0 Å². The van der Waals surface area contributed by atoms with Crippen LogP contribution in [0.4, 0.5) is 0 Å². The van der Waals surface area contributed by atoms with E-state index in [0.717, 1.165) is 32.7 Å². The second kappa shape index (κ2) is 4.43. The van der Waals surface area contributed by atoms with E-state index in [2.05, 4.69) is 29.2 Å². The molecule has 88 valence electrons. The van der Waals surface area contributed by atoms with E-state index in [0.29, 0.717) is 0 Å². The second-order valence-electron chi connectivity index (χ2n) is 4.29. The molecule has 3 rings (SSSR count). The van der Waals surface area contributed by atoms with Crippen LogP contribution < -0.4 is 0 Å². The molecule has 0 radical (unpaired) electrons. The van der Waals surface area contributed by atoms with Crippen LogP contribution >= 0.6 is 11.6 Å². The Morgan fingerprint density at radius 2 is 1.67 bits per heavy atom. The quantitative estimate of drug-likeness (QED) is 0.603. The molecule has 0 aliphatic heterocycles. The van der Waals surface area contributed by atoms with Crippen molar-refractivity contribution in [3.05, 3.63) is 65.3 Å². The summed E-state index contributed by atoms with van der Waals surface area (Å²) in [5.74, 6) is 0. The third kappa shape index (κ3) is 1.87. The van der Waals surface area contributed by atoms with Gasteiger partial charge in [-0.15, -0.1) is 0 Å². The van der Waals surface area contributed by atoms with Crippen LogP contribution in [0.3, 0.4) is 0 Å². The lowest BCUT2D eigenvalue weighted by Crippen LogP contribution is -1.89. The molecule has 0 fully saturated rings. The first-order valence-electron chi connectivity index (χ1n) is 5.87. The summed E-state index contributed by atoms with van der Waals surface area (Å²) in [4.78, 5) is 4.65. The van der Waals surface area contributed by atoms with Gasteiger partial charge < -0.3 is 0 Å². The largest absolute Gasteiger partial charge is 0.252 e. The molecular formula is C16H12ClN. The van der Waals surface area contributed by atoms with Gasteiger partial charge in [0.15, 0.2) is 0 Å². The molecule has 0 spiro atoms. The molecule has 1 nitrogen and oxygen atoms in total. The van der Waals surface area contributed by atoms with Gasteiger partial charge in [-0.05, 0) is 19.1 Å². The Kier molecular flexibility index (Phi) is 2.77. The zero-order valence-corrected chi connectivity index (χ0v) is 10.8. The van der Waals surface area contributed by atoms with Crippen molar-refractivity contribution >= 4 is 22.4 Å². The minimum Gasteiger partial charge on any atom is -0.252 e. The van der Waals surface area contributed by atoms with Crippen LogP contribution in [0.2, 0.25) is 5.02 Å². The van der Waals surface area contributed by atoms with Crippen molar-refractivity contribution in [2.45, 2.75) is 6.92 Å². The normalized spacial score (nSPS) is 10.8. The molecule has 0 saturated carbocycles. The molecule has 0 aliphatic carbocycles. The molecule has 0 bridgehead atoms. The number of pyridine rings is 1. The number of rotatable bonds is 1. The maximum atomic E-state index is 6.26. The number of fused-ring (bicyclic) bond motifs is 1. The summed E-state index contributed by atoms with van der Waals surface area (Å²) < 4.78 is 0. The maximum Gasteiger partial charge on any atom is 0.0712 e. The minimum absolute atomic E-state index is 0.773. The molecule has 0 N–H and O–H groups in total. The van der Waals surface area contributed by atoms with Crippen LogP contribution in [0.15, 0.2) is 54.6 Å². The zero-order chi connectivity index (χ0) is 12.5. The van der Waals surface area contributed by atoms with Gasteiger partial charge in [0.25, 0.3) is 0 Å². The average molecular weight is 254 g/mol. The van der Waals surface area contributed by atoms with Crippen LogP contribution in [0, 0.1) is 6.92 Å². The van der Waals surface area contributed by atoms with Crippen molar-refractivity contribution in [3.8, 4) is 11.3 Å². The molecule has 0 saturated heterocycles. The summed E-state index contributed by atoms with van der Waals surface area (Å²) in [7, 11) is 0. The van der Waals surface area contributed by atoms with Gasteiger partial charge in [0, 0.05) is 27.1 Å². The van der Waals surface area contributed by atoms with Gasteiger partial charge >= 0.3 is 0 Å². The molecule has 2 heteroatoms. The van der Waals surface area contributed by atoms with Gasteiger partial charge in [0.1, 0.15) is 0 Å². The number of hydrogen-bond acceptors (Lipinski definition) is 1. The van der Waals surface area contributed by atoms with E-state index in [1.807, 2.05) is 37.3 Å². The first-order valence-corrected chi connectivity index (χ1v) is 6.25. The molecule has 0 amide bonds. The van der Waals surface area contributed by atoms with Gasteiger partial charge in [-0.25, -0.2) is 0 Å². The molecule has 0 unspecified atom stereocenters. The summed E-state index contributed by atoms with van der Waals surface area (Å²) in [6, 6.07) is 18.1. The summed E-state index contributed by atoms with van der Waals surface area (Å²) >= 11 is 6.26. The van der Waals surface area contributed by atoms with Crippen LogP contribution in [0.1, 0.15) is 5.69 Å². The molecular weight excluding hydrogens is 242 g/mol. The Labute approximate surface area is 111 Å². The van der Waals surface area contributed by atoms with E-state index in [9.17, 15) is 0 Å². The van der Waals surface area contributed by atoms with Crippen LogP contribution in [0.5, 0.6) is 0 Å². The van der Waals surface area contributed by atoms with Crippen LogP contribution in [-0.2, 0) is 0 Å². The third-order valence-electron chi connectivity index (χ3n) is 3.08. The minimum atomic E-state index is 0.773. The average Bonchev–Trinajstić information content (AvgIpc) is 2.41. The van der Waals surface area contributed by atoms with Gasteiger partial charge in [-0.3, -0.25) is 4.98 Å². The molecule has 2 aromatic carbocycles. The Balaban J connectivity index is 2.31. The lowest BCUT2D eigenvalue weighted by atomic mass is 10.1. The van der Waals surface area contributed by atoms with E-state index in [4.69, 9.17) is 11.6 Å². The van der Waals surface area contributed by atoms with E-state index >= 15 is 0 Å². The van der Waals surface area contributed by atoms with Crippen molar-refractivity contribution in [2.75, 3.05) is 0 Å². The number of halogens is 1. The first kappa shape index (κ1) is 11.2. The lowest BCUT2D eigenvalue weighted by molar-refractivity contribution is 1.24. The smallest absolute Gasteiger partial charge is 0.0712 e. The highest BCUT2D eigenvalue weighted by Crippen LogP contribution is 2.29. The van der Waals surface area contributed by atoms with Crippen molar-refractivity contribution in [1.29, 1.82) is 0 Å². The number of benzene rings is 2. The molecule has 3 aromatic rings. The topological polar surface area (TPSA) is 12.9 Å². The Morgan fingerprint density at radius 1 is 0.889 bits per heavy atom. The fraction of sp³-hybridized carbons (Fsp3) is 0.0625. The van der Waals surface area contributed by atoms with Crippen molar-refractivity contribution in [2.24, 2.45) is 0 Å². The van der Waals surface area contributed by atoms with Gasteiger partial charge in [0.05, 0.1) is 5.69 Å². The first-order chi connectivity index (χ1) is 8.75. The van der Waals surface area contributed by atoms with Crippen molar-refractivity contribution < 1.29 is 0 Å². The number of hydrogen-bond donors (Lipinski definition) is 0. The van der Waals surface area contributed by atoms with E-state index in [-0.39, 0.29) is 0 Å². The highest BCUT2D eigenvalue weighted by molar-refractivity contribution is 6.35. The standard InChI is InChI=1S/C16H12ClN/c1-11-13-8-5-9-15(17)14(13)10-16(18-11)12-6-3-2-4-7-12/h2-10H,1H3. The van der Waals surface area contributed by atoms with E-state index in [1.54, 1.807) is 0 Å². The van der Waals surface area contributed by atoms with Gasteiger partial charge in [0.2, 0.25) is 0 Å². The second-order valence-corrected chi connectivity index (χ2v) is 4.70. The number of aryl methyl sites for hydroxylation is 1. The molecule has 0 atom stereocenters. The van der Waals surface area contributed by atoms with Gasteiger partial charge in [-0.1, -0.05) is 54.1 Å². The summed E-state index contributed by atoms with van der Waals surface area (Å²) in [6.07, 6.45) is 0. The Hall–Kier alpha value is -1.86. The zero-order valence-electron chi connectivity index (χ0n) is 10.0. The monoisotopic (exact) mass is 253 g/mol. The predicted octanol–water partition coefficient (Wildman–Crippen LogP) is 4.86. The number of nitrogens with zero attached hydrogens (tertiary/aromatic N) is 1. The van der Waals surface area contributed by atoms with Crippen molar-refractivity contribution in [1.82, 2.24) is 4.98 Å². The van der Waals surface area contributed by atoms with Gasteiger partial charge in [-0.2, -0.15) is 0 Å². The van der Waals surface area contributed by atoms with E-state index < -0.39 is 0 Å². The van der Waals surface area contributed by atoms with Crippen LogP contribution in [-0.4, -0.2) is 4.98 Å². The molecule has 0 aliphatic rings. The molecule has 1 aromatic heterocycles. The van der Waals surface area contributed by atoms with Crippen molar-refractivity contribution in [3.63, 3.8) is 0 Å². The van der Waals surface area contributed by atoms with E-state index in [1.165, 1.54) is 0 Å². The molecule has 1 heterocycles. The Bertz CT molecular complexity index is 705. The summed E-state index contributed by atoms with van der Waals surface area (Å²) in [6.45, 7) is 2.02. The lowest BCUT2D eigenvalue weighted by Gasteiger charge is -2.07. The predicted molar refractivity (Wildman–Crippen MR) is 76.9 cm³/mol. The third-order valence-corrected chi connectivity index (χ3v) is 3.41. The SMILES string of the molecule is Cc1nc(-c2ccccc2)cc2c(Cl)cccc12. The fourth-order valence-electron chi connectivity index (χ4n) is 2.17. The maximum absolute atomic E-state index is 6.26. The molecule has 18 heavy (non-hydrogen) atoms. The fourth-order valence-corrected chi connectivity index (χ4v) is 2.40. The summed E-state index contributed by atoms with van der Waals surface area (Å²) in [5.41, 5.74) is 3.09. The Morgan fingerprint density at radius 3 is 2.44 bits per heavy atom. The number of aromatic nitrogens is 1. The highest BCUT2D eigenvalue weighted by atomic mass is 35.5. The highest BCUT2D eigenvalue weighted by Gasteiger charge is 2.06.